The maximum Gasteiger partial charge on any atom is 0.265 e. The van der Waals surface area contributed by atoms with Crippen LogP contribution in [0, 0.1) is 0 Å². The molecule has 5 rings (SSSR count). The van der Waals surface area contributed by atoms with Gasteiger partial charge in [0.2, 0.25) is 5.88 Å². The van der Waals surface area contributed by atoms with Crippen LogP contribution in [0.15, 0.2) is 66.1 Å². The molecule has 0 unspecified atom stereocenters. The van der Waals surface area contributed by atoms with Crippen molar-refractivity contribution in [1.29, 1.82) is 0 Å². The molecule has 8 heteroatoms. The average molecular weight is 422 g/mol. The zero-order chi connectivity index (χ0) is 20.3. The van der Waals surface area contributed by atoms with Gasteiger partial charge in [-0.25, -0.2) is 4.72 Å². The molecule has 2 aliphatic heterocycles. The van der Waals surface area contributed by atoms with Gasteiger partial charge in [0.1, 0.15) is 5.75 Å². The third kappa shape index (κ3) is 3.65. The molecule has 30 heavy (non-hydrogen) atoms. The lowest BCUT2D eigenvalue weighted by molar-refractivity contribution is -0.116. The van der Waals surface area contributed by atoms with E-state index in [2.05, 4.69) is 48.9 Å². The number of benzene rings is 2. The van der Waals surface area contributed by atoms with Gasteiger partial charge >= 0.3 is 0 Å². The van der Waals surface area contributed by atoms with Crippen LogP contribution in [0.25, 0.3) is 22.2 Å². The quantitative estimate of drug-likeness (QED) is 0.418. The highest BCUT2D eigenvalue weighted by Crippen LogP contribution is 2.37. The maximum atomic E-state index is 13.1. The van der Waals surface area contributed by atoms with Crippen molar-refractivity contribution in [2.75, 3.05) is 26.2 Å². The van der Waals surface area contributed by atoms with Crippen LogP contribution in [0.3, 0.4) is 0 Å². The Hall–Kier alpha value is -2.94. The molecule has 0 atom stereocenters. The summed E-state index contributed by atoms with van der Waals surface area (Å²) in [4.78, 5) is 13.1. The van der Waals surface area contributed by atoms with E-state index >= 15 is 0 Å². The molecule has 0 aliphatic carbocycles. The summed E-state index contributed by atoms with van der Waals surface area (Å²) in [6, 6.07) is 18.4. The lowest BCUT2D eigenvalue weighted by Gasteiger charge is -2.24. The molecule has 3 heterocycles. The fraction of sp³-hybridized carbons (Fsp3) is 0.227. The first kappa shape index (κ1) is 19.0. The molecule has 0 saturated heterocycles. The Balaban J connectivity index is 1.67. The summed E-state index contributed by atoms with van der Waals surface area (Å²) in [5.41, 5.74) is 3.68. The van der Waals surface area contributed by atoms with Crippen molar-refractivity contribution in [1.82, 2.24) is 24.6 Å². The normalized spacial score (nSPS) is 20.1. The van der Waals surface area contributed by atoms with Gasteiger partial charge in [-0.05, 0) is 24.3 Å². The third-order valence-corrected chi connectivity index (χ3v) is 5.89. The summed E-state index contributed by atoms with van der Waals surface area (Å²) in [5.74, 6) is 1.04. The fourth-order valence-electron chi connectivity index (χ4n) is 3.81. The van der Waals surface area contributed by atoms with E-state index in [1.54, 1.807) is 0 Å². The minimum Gasteiger partial charge on any atom is -0.440 e. The van der Waals surface area contributed by atoms with Crippen LogP contribution < -0.4 is 24.8 Å². The van der Waals surface area contributed by atoms with Crippen molar-refractivity contribution >= 4 is 28.9 Å². The van der Waals surface area contributed by atoms with E-state index in [1.165, 1.54) is 12.1 Å². The van der Waals surface area contributed by atoms with Crippen molar-refractivity contribution in [3.05, 3.63) is 66.1 Å². The van der Waals surface area contributed by atoms with Gasteiger partial charge in [0.05, 0.1) is 17.8 Å². The minimum absolute atomic E-state index is 0.174. The first-order valence-corrected chi connectivity index (χ1v) is 10.9. The van der Waals surface area contributed by atoms with E-state index in [1.807, 2.05) is 30.3 Å². The molecule has 0 fully saturated rings. The fourth-order valence-corrected chi connectivity index (χ4v) is 4.31. The van der Waals surface area contributed by atoms with E-state index in [4.69, 9.17) is 4.74 Å². The van der Waals surface area contributed by atoms with Crippen LogP contribution in [-0.2, 0) is 11.3 Å². The molecule has 0 bridgehead atoms. The Bertz CT molecular complexity index is 1120. The van der Waals surface area contributed by atoms with Crippen molar-refractivity contribution in [3.63, 3.8) is 0 Å². The topological polar surface area (TPSA) is 79.4 Å². The first-order chi connectivity index (χ1) is 14.8. The highest BCUT2D eigenvalue weighted by Gasteiger charge is 2.25. The molecule has 154 valence electrons. The van der Waals surface area contributed by atoms with E-state index in [0.29, 0.717) is 24.5 Å². The van der Waals surface area contributed by atoms with E-state index in [-0.39, 0.29) is 5.91 Å². The molecule has 1 aromatic heterocycles. The number of carbonyl (C=O) groups is 1. The highest BCUT2D eigenvalue weighted by atomic mass is 32.2. The number of nitrogens with one attached hydrogen (secondary N) is 4. The van der Waals surface area contributed by atoms with Crippen LogP contribution >= 0.6 is 12.1 Å². The number of nitrogens with zero attached hydrogens (tertiary/aromatic N) is 1. The molecule has 2 aromatic carbocycles. The monoisotopic (exact) mass is 421 g/mol. The molecule has 2 aliphatic rings. The standard InChI is InChI=1S/C22H23N5O2S/c28-21-17-14-27-18-7-3-1-5-15(18)13-19(27)16-6-2-4-8-20(16)29-22(17)24-11-9-23-10-12-25-30-26-21/h1-8,13,23-25H,9-12,14H2,(H,26,28)/b22-17+. The van der Waals surface area contributed by atoms with Gasteiger partial charge in [-0.2, -0.15) is 0 Å². The molecular weight excluding hydrogens is 398 g/mol. The Morgan fingerprint density at radius 1 is 0.967 bits per heavy atom. The van der Waals surface area contributed by atoms with Gasteiger partial charge in [0.15, 0.2) is 0 Å². The molecule has 0 spiro atoms. The van der Waals surface area contributed by atoms with E-state index < -0.39 is 0 Å². The third-order valence-electron chi connectivity index (χ3n) is 5.26. The van der Waals surface area contributed by atoms with Gasteiger partial charge in [-0.15, -0.1) is 0 Å². The Kier molecular flexibility index (Phi) is 5.35. The van der Waals surface area contributed by atoms with Gasteiger partial charge in [0, 0.05) is 54.8 Å². The van der Waals surface area contributed by atoms with E-state index in [9.17, 15) is 4.79 Å². The Morgan fingerprint density at radius 2 is 1.80 bits per heavy atom. The summed E-state index contributed by atoms with van der Waals surface area (Å²) in [7, 11) is 0. The minimum atomic E-state index is -0.174. The number of rotatable bonds is 0. The number of para-hydroxylation sites is 2. The van der Waals surface area contributed by atoms with Crippen molar-refractivity contribution in [2.24, 2.45) is 0 Å². The van der Waals surface area contributed by atoms with Crippen LogP contribution in [0.5, 0.6) is 5.75 Å². The Morgan fingerprint density at radius 3 is 2.77 bits per heavy atom. The molecule has 1 amide bonds. The van der Waals surface area contributed by atoms with Crippen molar-refractivity contribution in [2.45, 2.75) is 6.54 Å². The molecule has 7 nitrogen and oxygen atoms in total. The number of ether oxygens (including phenoxy) is 1. The predicted molar refractivity (Wildman–Crippen MR) is 120 cm³/mol. The van der Waals surface area contributed by atoms with Crippen LogP contribution in [0.4, 0.5) is 0 Å². The Labute approximate surface area is 179 Å². The SMILES string of the molecule is O=C1NSNCCNCCN/C2=C\1Cn1c(cc3ccccc31)-c1ccccc1O2. The zero-order valence-electron chi connectivity index (χ0n) is 16.4. The number of amides is 1. The zero-order valence-corrected chi connectivity index (χ0v) is 17.2. The summed E-state index contributed by atoms with van der Waals surface area (Å²) < 4.78 is 14.5. The number of fused-ring (bicyclic) bond motifs is 5. The maximum absolute atomic E-state index is 13.1. The number of aromatic nitrogens is 1. The number of hydrogen-bond acceptors (Lipinski definition) is 6. The van der Waals surface area contributed by atoms with E-state index in [0.717, 1.165) is 47.5 Å². The lowest BCUT2D eigenvalue weighted by atomic mass is 10.1. The summed E-state index contributed by atoms with van der Waals surface area (Å²) in [5, 5.41) is 7.83. The molecule has 0 saturated carbocycles. The van der Waals surface area contributed by atoms with Gasteiger partial charge in [-0.3, -0.25) is 9.52 Å². The van der Waals surface area contributed by atoms with Gasteiger partial charge in [0.25, 0.3) is 5.91 Å². The first-order valence-electron chi connectivity index (χ1n) is 10.0. The van der Waals surface area contributed by atoms with Crippen molar-refractivity contribution in [3.8, 4) is 17.0 Å². The number of hydrogen-bond donors (Lipinski definition) is 4. The number of carbonyl (C=O) groups excluding carboxylic acids is 1. The summed E-state index contributed by atoms with van der Waals surface area (Å²) in [6.45, 7) is 3.40. The summed E-state index contributed by atoms with van der Waals surface area (Å²) in [6.07, 6.45) is 0. The van der Waals surface area contributed by atoms with Crippen LogP contribution in [0.2, 0.25) is 0 Å². The second-order valence-corrected chi connectivity index (χ2v) is 7.88. The van der Waals surface area contributed by atoms with Crippen LogP contribution in [-0.4, -0.2) is 36.7 Å². The predicted octanol–water partition coefficient (Wildman–Crippen LogP) is 2.37. The second kappa shape index (κ2) is 8.43. The molecule has 4 N–H and O–H groups in total. The van der Waals surface area contributed by atoms with Crippen LogP contribution in [0.1, 0.15) is 0 Å². The second-order valence-electron chi connectivity index (χ2n) is 7.18. The molecular formula is C22H23N5O2S. The van der Waals surface area contributed by atoms with Crippen molar-refractivity contribution < 1.29 is 9.53 Å². The average Bonchev–Trinajstić information content (AvgIpc) is 3.11. The highest BCUT2D eigenvalue weighted by molar-refractivity contribution is 7.96. The summed E-state index contributed by atoms with van der Waals surface area (Å²) >= 11 is 1.20. The largest absolute Gasteiger partial charge is 0.440 e. The smallest absolute Gasteiger partial charge is 0.265 e. The van der Waals surface area contributed by atoms with Gasteiger partial charge in [-0.1, -0.05) is 30.3 Å². The van der Waals surface area contributed by atoms with Gasteiger partial charge < -0.3 is 19.9 Å². The molecule has 0 radical (unpaired) electrons. The molecule has 3 aromatic rings. The lowest BCUT2D eigenvalue weighted by Crippen LogP contribution is -2.37.